The van der Waals surface area contributed by atoms with Gasteiger partial charge in [0.15, 0.2) is 0 Å². The zero-order chi connectivity index (χ0) is 14.4. The van der Waals surface area contributed by atoms with Crippen LogP contribution in [0.15, 0.2) is 0 Å². The largest absolute Gasteiger partial charge is 0.481 e. The van der Waals surface area contributed by atoms with Crippen LogP contribution in [0.2, 0.25) is 0 Å². The fourth-order valence-corrected chi connectivity index (χ4v) is 2.29. The molecule has 2 unspecified atom stereocenters. The maximum Gasteiger partial charge on any atom is 0.319 e. The van der Waals surface area contributed by atoms with Crippen molar-refractivity contribution in [2.75, 3.05) is 33.3 Å². The number of likely N-dealkylation sites (tertiary alicyclic amines) is 1. The molecule has 0 bridgehead atoms. The quantitative estimate of drug-likeness (QED) is 0.818. The van der Waals surface area contributed by atoms with Gasteiger partial charge in [0.1, 0.15) is 0 Å². The number of ether oxygens (including phenoxy) is 1. The van der Waals surface area contributed by atoms with Crippen LogP contribution in [0.3, 0.4) is 0 Å². The minimum absolute atomic E-state index is 0.105. The molecule has 1 saturated heterocycles. The number of nitrogens with zero attached hydrogens (tertiary/aromatic N) is 2. The van der Waals surface area contributed by atoms with Crippen molar-refractivity contribution in [2.45, 2.75) is 32.8 Å². The smallest absolute Gasteiger partial charge is 0.319 e. The first-order valence-electron chi connectivity index (χ1n) is 6.80. The van der Waals surface area contributed by atoms with Gasteiger partial charge in [-0.25, -0.2) is 4.79 Å². The van der Waals surface area contributed by atoms with Gasteiger partial charge in [-0.2, -0.15) is 0 Å². The Bertz CT molecular complexity index is 320. The lowest BCUT2D eigenvalue weighted by atomic mass is 10.1. The maximum atomic E-state index is 12.2. The van der Waals surface area contributed by atoms with Crippen molar-refractivity contribution >= 4 is 12.0 Å². The molecule has 1 aliphatic rings. The summed E-state index contributed by atoms with van der Waals surface area (Å²) in [6.07, 6.45) is 2.01. The summed E-state index contributed by atoms with van der Waals surface area (Å²) in [4.78, 5) is 26.2. The highest BCUT2D eigenvalue weighted by atomic mass is 16.5. The van der Waals surface area contributed by atoms with E-state index in [1.807, 2.05) is 6.92 Å². The van der Waals surface area contributed by atoms with E-state index in [1.54, 1.807) is 18.9 Å². The Kier molecular flexibility index (Phi) is 6.08. The van der Waals surface area contributed by atoms with E-state index in [4.69, 9.17) is 9.84 Å². The highest BCUT2D eigenvalue weighted by molar-refractivity contribution is 5.76. The minimum atomic E-state index is -0.884. The van der Waals surface area contributed by atoms with E-state index >= 15 is 0 Å². The van der Waals surface area contributed by atoms with Gasteiger partial charge in [0, 0.05) is 33.3 Å². The Morgan fingerprint density at radius 3 is 2.79 bits per heavy atom. The molecule has 0 aliphatic carbocycles. The van der Waals surface area contributed by atoms with Crippen LogP contribution in [-0.2, 0) is 9.53 Å². The Labute approximate surface area is 114 Å². The summed E-state index contributed by atoms with van der Waals surface area (Å²) in [5, 5.41) is 8.86. The number of carbonyl (C=O) groups excluding carboxylic acids is 1. The number of carboxylic acid groups (broad SMARTS) is 1. The number of hydrogen-bond acceptors (Lipinski definition) is 3. The summed E-state index contributed by atoms with van der Waals surface area (Å²) in [6, 6.07) is -0.113. The Morgan fingerprint density at radius 1 is 1.53 bits per heavy atom. The first-order chi connectivity index (χ1) is 8.95. The zero-order valence-corrected chi connectivity index (χ0v) is 12.0. The van der Waals surface area contributed by atoms with Crippen molar-refractivity contribution in [3.63, 3.8) is 0 Å². The molecule has 1 aliphatic heterocycles. The van der Waals surface area contributed by atoms with Crippen molar-refractivity contribution in [1.29, 1.82) is 0 Å². The third kappa shape index (κ3) is 4.70. The number of rotatable bonds is 5. The second-order valence-electron chi connectivity index (χ2n) is 5.07. The van der Waals surface area contributed by atoms with Crippen molar-refractivity contribution < 1.29 is 19.4 Å². The SMILES string of the molecule is CCOC1CCCN(C(=O)N(C)CC(C)C(=O)O)C1. The van der Waals surface area contributed by atoms with Crippen molar-refractivity contribution in [1.82, 2.24) is 9.80 Å². The molecule has 0 aromatic heterocycles. The van der Waals surface area contributed by atoms with Crippen LogP contribution >= 0.6 is 0 Å². The summed E-state index contributed by atoms with van der Waals surface area (Å²) < 4.78 is 5.56. The number of hydrogen-bond donors (Lipinski definition) is 1. The van der Waals surface area contributed by atoms with E-state index in [1.165, 1.54) is 4.90 Å². The van der Waals surface area contributed by atoms with Crippen molar-refractivity contribution in [2.24, 2.45) is 5.92 Å². The van der Waals surface area contributed by atoms with Gasteiger partial charge >= 0.3 is 12.0 Å². The van der Waals surface area contributed by atoms with Crippen LogP contribution < -0.4 is 0 Å². The Hall–Kier alpha value is -1.30. The number of urea groups is 1. The Morgan fingerprint density at radius 2 is 2.21 bits per heavy atom. The van der Waals surface area contributed by atoms with E-state index < -0.39 is 11.9 Å². The second-order valence-corrected chi connectivity index (χ2v) is 5.07. The van der Waals surface area contributed by atoms with Gasteiger partial charge in [0.25, 0.3) is 0 Å². The van der Waals surface area contributed by atoms with Gasteiger partial charge < -0.3 is 19.6 Å². The zero-order valence-electron chi connectivity index (χ0n) is 12.0. The van der Waals surface area contributed by atoms with E-state index in [0.29, 0.717) is 19.7 Å². The molecular weight excluding hydrogens is 248 g/mol. The average molecular weight is 272 g/mol. The van der Waals surface area contributed by atoms with Gasteiger partial charge in [-0.15, -0.1) is 0 Å². The third-order valence-corrected chi connectivity index (χ3v) is 3.35. The van der Waals surface area contributed by atoms with Gasteiger partial charge in [-0.05, 0) is 19.8 Å². The number of carbonyl (C=O) groups is 2. The molecule has 2 amide bonds. The minimum Gasteiger partial charge on any atom is -0.481 e. The van der Waals surface area contributed by atoms with E-state index in [2.05, 4.69) is 0 Å². The Balaban J connectivity index is 2.49. The normalized spacial score (nSPS) is 21.0. The summed E-state index contributed by atoms with van der Waals surface area (Å²) >= 11 is 0. The highest BCUT2D eigenvalue weighted by Gasteiger charge is 2.27. The molecule has 19 heavy (non-hydrogen) atoms. The first kappa shape index (κ1) is 15.8. The molecule has 1 heterocycles. The monoisotopic (exact) mass is 272 g/mol. The third-order valence-electron chi connectivity index (χ3n) is 3.35. The lowest BCUT2D eigenvalue weighted by Gasteiger charge is -2.35. The molecular formula is C13H24N2O4. The summed E-state index contributed by atoms with van der Waals surface area (Å²) in [7, 11) is 1.64. The van der Waals surface area contributed by atoms with Gasteiger partial charge in [-0.1, -0.05) is 6.92 Å². The molecule has 0 aromatic rings. The van der Waals surface area contributed by atoms with Gasteiger partial charge in [-0.3, -0.25) is 4.79 Å². The predicted octanol–water partition coefficient (Wildman–Crippen LogP) is 1.26. The molecule has 6 heteroatoms. The molecule has 1 N–H and O–H groups in total. The summed E-state index contributed by atoms with van der Waals surface area (Å²) in [6.45, 7) is 5.74. The van der Waals surface area contributed by atoms with Crippen LogP contribution in [0.25, 0.3) is 0 Å². The molecule has 110 valence electrons. The second kappa shape index (κ2) is 7.33. The first-order valence-corrected chi connectivity index (χ1v) is 6.80. The van der Waals surface area contributed by atoms with E-state index in [0.717, 1.165) is 12.8 Å². The molecule has 2 atom stereocenters. The number of aliphatic carboxylic acids is 1. The number of amides is 2. The molecule has 1 fully saturated rings. The predicted molar refractivity (Wildman–Crippen MR) is 71.0 cm³/mol. The molecule has 0 radical (unpaired) electrons. The van der Waals surface area contributed by atoms with Crippen molar-refractivity contribution in [3.8, 4) is 0 Å². The fourth-order valence-electron chi connectivity index (χ4n) is 2.29. The van der Waals surface area contributed by atoms with Gasteiger partial charge in [0.2, 0.25) is 0 Å². The van der Waals surface area contributed by atoms with Crippen LogP contribution in [0.5, 0.6) is 0 Å². The molecule has 1 rings (SSSR count). The summed E-state index contributed by atoms with van der Waals surface area (Å²) in [5.74, 6) is -1.44. The lowest BCUT2D eigenvalue weighted by Crippen LogP contribution is -2.49. The average Bonchev–Trinajstić information content (AvgIpc) is 2.38. The number of carboxylic acids is 1. The van der Waals surface area contributed by atoms with Crippen LogP contribution in [0.4, 0.5) is 4.79 Å². The maximum absolute atomic E-state index is 12.2. The van der Waals surface area contributed by atoms with Crippen LogP contribution in [0.1, 0.15) is 26.7 Å². The highest BCUT2D eigenvalue weighted by Crippen LogP contribution is 2.15. The van der Waals surface area contributed by atoms with Crippen LogP contribution in [-0.4, -0.2) is 66.3 Å². The number of piperidine rings is 1. The van der Waals surface area contributed by atoms with Gasteiger partial charge in [0.05, 0.1) is 12.0 Å². The topological polar surface area (TPSA) is 70.1 Å². The molecule has 0 spiro atoms. The fraction of sp³-hybridized carbons (Fsp3) is 0.846. The van der Waals surface area contributed by atoms with Crippen molar-refractivity contribution in [3.05, 3.63) is 0 Å². The molecule has 6 nitrogen and oxygen atoms in total. The lowest BCUT2D eigenvalue weighted by molar-refractivity contribution is -0.141. The van der Waals surface area contributed by atoms with E-state index in [-0.39, 0.29) is 18.7 Å². The molecule has 0 saturated carbocycles. The molecule has 0 aromatic carbocycles. The standard InChI is InChI=1S/C13H24N2O4/c1-4-19-11-6-5-7-15(9-11)13(18)14(3)8-10(2)12(16)17/h10-11H,4-9H2,1-3H3,(H,16,17). The summed E-state index contributed by atoms with van der Waals surface area (Å²) in [5.41, 5.74) is 0. The van der Waals surface area contributed by atoms with E-state index in [9.17, 15) is 9.59 Å². The van der Waals surface area contributed by atoms with Crippen LogP contribution in [0, 0.1) is 5.92 Å².